The molecule has 0 fully saturated rings. The number of nitrogens with one attached hydrogen (secondary N) is 2. The molecule has 0 radical (unpaired) electrons. The molecule has 132 valence electrons. The molecule has 23 heavy (non-hydrogen) atoms. The van der Waals surface area contributed by atoms with Gasteiger partial charge in [0.1, 0.15) is 5.75 Å². The van der Waals surface area contributed by atoms with Gasteiger partial charge in [0.15, 0.2) is 0 Å². The van der Waals surface area contributed by atoms with E-state index in [1.807, 2.05) is 19.1 Å². The van der Waals surface area contributed by atoms with Crippen molar-refractivity contribution in [2.45, 2.75) is 46.0 Å². The van der Waals surface area contributed by atoms with Gasteiger partial charge in [0, 0.05) is 19.5 Å². The first-order valence-corrected chi connectivity index (χ1v) is 8.14. The molecule has 0 heterocycles. The van der Waals surface area contributed by atoms with Crippen LogP contribution in [0.25, 0.3) is 0 Å². The summed E-state index contributed by atoms with van der Waals surface area (Å²) in [6, 6.07) is 8.19. The van der Waals surface area contributed by atoms with E-state index in [0.29, 0.717) is 19.6 Å². The summed E-state index contributed by atoms with van der Waals surface area (Å²) in [5.41, 5.74) is 1.45. The van der Waals surface area contributed by atoms with Gasteiger partial charge >= 0.3 is 0 Å². The number of benzene rings is 1. The highest BCUT2D eigenvalue weighted by Gasteiger charge is 2.12. The van der Waals surface area contributed by atoms with E-state index in [9.17, 15) is 4.79 Å². The van der Waals surface area contributed by atoms with Gasteiger partial charge in [-0.2, -0.15) is 0 Å². The molecule has 0 aliphatic rings. The minimum absolute atomic E-state index is 0. The number of hydrogen-bond donors (Lipinski definition) is 2. The summed E-state index contributed by atoms with van der Waals surface area (Å²) in [4.78, 5) is 11.6. The standard InChI is InChI=1S/C18H30N2O2.ClH/c1-5-19-12-13-20-17(21)7-6-14-22-16-10-8-15(9-11-16)18(2,3)4;/h8-11,19H,5-7,12-14H2,1-4H3,(H,20,21);1H. The van der Waals surface area contributed by atoms with Crippen LogP contribution < -0.4 is 15.4 Å². The monoisotopic (exact) mass is 342 g/mol. The van der Waals surface area contributed by atoms with Crippen LogP contribution in [0.1, 0.15) is 46.1 Å². The Morgan fingerprint density at radius 1 is 1.13 bits per heavy atom. The molecule has 1 rings (SSSR count). The Morgan fingerprint density at radius 3 is 2.35 bits per heavy atom. The number of amides is 1. The second kappa shape index (κ2) is 11.3. The molecule has 0 atom stereocenters. The summed E-state index contributed by atoms with van der Waals surface area (Å²) in [6.45, 7) is 11.6. The third-order valence-electron chi connectivity index (χ3n) is 3.41. The van der Waals surface area contributed by atoms with E-state index < -0.39 is 0 Å². The topological polar surface area (TPSA) is 50.4 Å². The van der Waals surface area contributed by atoms with Crippen LogP contribution in [-0.4, -0.2) is 32.1 Å². The Bertz CT molecular complexity index is 441. The van der Waals surface area contributed by atoms with Gasteiger partial charge in [-0.25, -0.2) is 0 Å². The molecule has 0 aromatic heterocycles. The van der Waals surface area contributed by atoms with Crippen molar-refractivity contribution in [1.29, 1.82) is 0 Å². The van der Waals surface area contributed by atoms with Gasteiger partial charge in [-0.15, -0.1) is 12.4 Å². The molecule has 1 amide bonds. The average molecular weight is 343 g/mol. The van der Waals surface area contributed by atoms with E-state index in [1.165, 1.54) is 5.56 Å². The normalized spacial score (nSPS) is 10.8. The van der Waals surface area contributed by atoms with Crippen LogP contribution in [0.2, 0.25) is 0 Å². The van der Waals surface area contributed by atoms with Crippen LogP contribution in [0.15, 0.2) is 24.3 Å². The predicted octanol–water partition coefficient (Wildman–Crippen LogP) is 3.29. The second-order valence-electron chi connectivity index (χ2n) is 6.43. The minimum atomic E-state index is 0. The summed E-state index contributed by atoms with van der Waals surface area (Å²) < 4.78 is 5.67. The second-order valence-corrected chi connectivity index (χ2v) is 6.43. The zero-order valence-corrected chi connectivity index (χ0v) is 15.6. The quantitative estimate of drug-likeness (QED) is 0.677. The number of carbonyl (C=O) groups excluding carboxylic acids is 1. The Hall–Kier alpha value is -1.26. The summed E-state index contributed by atoms with van der Waals surface area (Å²) >= 11 is 0. The van der Waals surface area contributed by atoms with E-state index in [1.54, 1.807) is 0 Å². The van der Waals surface area contributed by atoms with Crippen molar-refractivity contribution in [3.8, 4) is 5.75 Å². The van der Waals surface area contributed by atoms with Crippen molar-refractivity contribution in [2.24, 2.45) is 0 Å². The predicted molar refractivity (Wildman–Crippen MR) is 98.7 cm³/mol. The first-order chi connectivity index (χ1) is 10.4. The van der Waals surface area contributed by atoms with E-state index >= 15 is 0 Å². The zero-order valence-electron chi connectivity index (χ0n) is 14.8. The molecule has 5 heteroatoms. The number of hydrogen-bond acceptors (Lipinski definition) is 3. The van der Waals surface area contributed by atoms with Crippen LogP contribution in [0.5, 0.6) is 5.75 Å². The Morgan fingerprint density at radius 2 is 1.78 bits per heavy atom. The van der Waals surface area contributed by atoms with Gasteiger partial charge in [-0.05, 0) is 36.1 Å². The van der Waals surface area contributed by atoms with Gasteiger partial charge < -0.3 is 15.4 Å². The van der Waals surface area contributed by atoms with Crippen LogP contribution in [0.3, 0.4) is 0 Å². The highest BCUT2D eigenvalue weighted by Crippen LogP contribution is 2.24. The summed E-state index contributed by atoms with van der Waals surface area (Å²) in [5, 5.41) is 6.05. The fraction of sp³-hybridized carbons (Fsp3) is 0.611. The molecular weight excluding hydrogens is 312 g/mol. The minimum Gasteiger partial charge on any atom is -0.494 e. The van der Waals surface area contributed by atoms with Gasteiger partial charge in [0.25, 0.3) is 0 Å². The lowest BCUT2D eigenvalue weighted by atomic mass is 9.87. The molecule has 0 saturated carbocycles. The molecule has 0 saturated heterocycles. The van der Waals surface area contributed by atoms with Crippen molar-refractivity contribution in [2.75, 3.05) is 26.2 Å². The molecule has 2 N–H and O–H groups in total. The largest absolute Gasteiger partial charge is 0.494 e. The van der Waals surface area contributed by atoms with Crippen molar-refractivity contribution in [1.82, 2.24) is 10.6 Å². The number of carbonyl (C=O) groups is 1. The zero-order chi connectivity index (χ0) is 16.4. The van der Waals surface area contributed by atoms with E-state index in [4.69, 9.17) is 4.74 Å². The van der Waals surface area contributed by atoms with Crippen LogP contribution >= 0.6 is 12.4 Å². The Balaban J connectivity index is 0.00000484. The first-order valence-electron chi connectivity index (χ1n) is 8.14. The summed E-state index contributed by atoms with van der Waals surface area (Å²) in [5.74, 6) is 0.949. The molecule has 4 nitrogen and oxygen atoms in total. The van der Waals surface area contributed by atoms with Gasteiger partial charge in [-0.3, -0.25) is 4.79 Å². The molecular formula is C18H31ClN2O2. The van der Waals surface area contributed by atoms with Gasteiger partial charge in [0.05, 0.1) is 6.61 Å². The third kappa shape index (κ3) is 9.47. The van der Waals surface area contributed by atoms with Gasteiger partial charge in [-0.1, -0.05) is 39.8 Å². The Kier molecular flexibility index (Phi) is 10.7. The number of rotatable bonds is 9. The summed E-state index contributed by atoms with van der Waals surface area (Å²) in [7, 11) is 0. The molecule has 1 aromatic rings. The highest BCUT2D eigenvalue weighted by molar-refractivity contribution is 5.85. The Labute approximate surface area is 146 Å². The van der Waals surface area contributed by atoms with Gasteiger partial charge in [0.2, 0.25) is 5.91 Å². The lowest BCUT2D eigenvalue weighted by Gasteiger charge is -2.19. The molecule has 1 aromatic carbocycles. The SMILES string of the molecule is CCNCCNC(=O)CCCOc1ccc(C(C)(C)C)cc1.Cl. The molecule has 0 bridgehead atoms. The lowest BCUT2D eigenvalue weighted by molar-refractivity contribution is -0.121. The first kappa shape index (κ1) is 21.7. The van der Waals surface area contributed by atoms with E-state index in [0.717, 1.165) is 25.3 Å². The van der Waals surface area contributed by atoms with Crippen molar-refractivity contribution in [3.05, 3.63) is 29.8 Å². The van der Waals surface area contributed by atoms with Crippen LogP contribution in [0, 0.1) is 0 Å². The highest BCUT2D eigenvalue weighted by atomic mass is 35.5. The number of halogens is 1. The summed E-state index contributed by atoms with van der Waals surface area (Å²) in [6.07, 6.45) is 1.24. The lowest BCUT2D eigenvalue weighted by Crippen LogP contribution is -2.31. The molecule has 0 unspecified atom stereocenters. The average Bonchev–Trinajstić information content (AvgIpc) is 2.48. The molecule has 0 aliphatic heterocycles. The van der Waals surface area contributed by atoms with Crippen molar-refractivity contribution in [3.63, 3.8) is 0 Å². The smallest absolute Gasteiger partial charge is 0.220 e. The number of likely N-dealkylation sites (N-methyl/N-ethyl adjacent to an activating group) is 1. The number of ether oxygens (including phenoxy) is 1. The fourth-order valence-corrected chi connectivity index (χ4v) is 2.03. The maximum Gasteiger partial charge on any atom is 0.220 e. The van der Waals surface area contributed by atoms with Crippen molar-refractivity contribution < 1.29 is 9.53 Å². The maximum atomic E-state index is 11.6. The third-order valence-corrected chi connectivity index (χ3v) is 3.41. The fourth-order valence-electron chi connectivity index (χ4n) is 2.03. The van der Waals surface area contributed by atoms with E-state index in [2.05, 4.69) is 43.5 Å². The van der Waals surface area contributed by atoms with Crippen molar-refractivity contribution >= 4 is 18.3 Å². The van der Waals surface area contributed by atoms with Crippen LogP contribution in [-0.2, 0) is 10.2 Å². The molecule has 0 aliphatic carbocycles. The molecule has 0 spiro atoms. The van der Waals surface area contributed by atoms with E-state index in [-0.39, 0.29) is 23.7 Å². The van der Waals surface area contributed by atoms with Crippen LogP contribution in [0.4, 0.5) is 0 Å². The maximum absolute atomic E-state index is 11.6.